The number of ether oxygens (including phenoxy) is 2. The normalized spacial score (nSPS) is 12.7. The van der Waals surface area contributed by atoms with E-state index >= 15 is 0 Å². The van der Waals surface area contributed by atoms with Crippen LogP contribution in [0, 0.1) is 6.92 Å². The van der Waals surface area contributed by atoms with E-state index in [1.165, 1.54) is 25.7 Å². The number of fused-ring (bicyclic) bond motifs is 1. The number of hydrogen-bond donors (Lipinski definition) is 0. The van der Waals surface area contributed by atoms with E-state index in [0.29, 0.717) is 38.0 Å². The molecule has 32 heavy (non-hydrogen) atoms. The standard InChI is InChI=1S/C22H19Cl2N3O4S/c1-13-4-6-16(7-5-13)32(28,29)27-19-9-20(30-3)21(8-15(19)10-26-27)31-14(2)22-17(23)11-25-12-18(22)24/h4-12,14H,1-3H3/t14-/m1/s1. The molecule has 0 saturated heterocycles. The van der Waals surface area contributed by atoms with E-state index < -0.39 is 16.1 Å². The molecule has 166 valence electrons. The highest BCUT2D eigenvalue weighted by Gasteiger charge is 2.23. The van der Waals surface area contributed by atoms with Gasteiger partial charge in [0.1, 0.15) is 6.10 Å². The summed E-state index contributed by atoms with van der Waals surface area (Å²) in [4.78, 5) is 4.09. The molecule has 10 heteroatoms. The van der Waals surface area contributed by atoms with Crippen LogP contribution in [0.5, 0.6) is 11.5 Å². The Morgan fingerprint density at radius 2 is 1.66 bits per heavy atom. The number of hydrogen-bond acceptors (Lipinski definition) is 6. The van der Waals surface area contributed by atoms with Crippen molar-refractivity contribution in [3.8, 4) is 11.5 Å². The first-order valence-corrected chi connectivity index (χ1v) is 11.8. The second-order valence-corrected chi connectivity index (χ2v) is 9.73. The summed E-state index contributed by atoms with van der Waals surface area (Å²) >= 11 is 12.5. The molecule has 0 aliphatic carbocycles. The van der Waals surface area contributed by atoms with E-state index in [-0.39, 0.29) is 4.90 Å². The van der Waals surface area contributed by atoms with Crippen molar-refractivity contribution in [1.82, 2.24) is 14.2 Å². The molecule has 4 aromatic rings. The molecule has 2 aromatic carbocycles. The number of nitrogens with zero attached hydrogens (tertiary/aromatic N) is 3. The van der Waals surface area contributed by atoms with Crippen molar-refractivity contribution >= 4 is 44.1 Å². The molecule has 0 aliphatic heterocycles. The van der Waals surface area contributed by atoms with E-state index in [9.17, 15) is 8.42 Å². The number of halogens is 2. The molecule has 0 aliphatic rings. The van der Waals surface area contributed by atoms with Gasteiger partial charge in [0.15, 0.2) is 11.5 Å². The lowest BCUT2D eigenvalue weighted by Gasteiger charge is -2.19. The minimum absolute atomic E-state index is 0.142. The van der Waals surface area contributed by atoms with Crippen molar-refractivity contribution in [3.05, 3.63) is 76.2 Å². The van der Waals surface area contributed by atoms with Crippen molar-refractivity contribution in [2.45, 2.75) is 24.8 Å². The molecule has 0 saturated carbocycles. The van der Waals surface area contributed by atoms with Crippen LogP contribution in [0.4, 0.5) is 0 Å². The molecule has 7 nitrogen and oxygen atoms in total. The fourth-order valence-corrected chi connectivity index (χ4v) is 5.26. The highest BCUT2D eigenvalue weighted by Crippen LogP contribution is 2.38. The maximum absolute atomic E-state index is 13.1. The zero-order valence-corrected chi connectivity index (χ0v) is 19.7. The third kappa shape index (κ3) is 4.01. The molecular weight excluding hydrogens is 473 g/mol. The lowest BCUT2D eigenvalue weighted by atomic mass is 10.1. The molecule has 2 heterocycles. The quantitative estimate of drug-likeness (QED) is 0.357. The first-order chi connectivity index (χ1) is 15.2. The van der Waals surface area contributed by atoms with Gasteiger partial charge in [-0.05, 0) is 32.0 Å². The van der Waals surface area contributed by atoms with Gasteiger partial charge < -0.3 is 9.47 Å². The van der Waals surface area contributed by atoms with Crippen molar-refractivity contribution in [1.29, 1.82) is 0 Å². The van der Waals surface area contributed by atoms with Gasteiger partial charge in [0.05, 0.1) is 33.8 Å². The number of aryl methyl sites for hydroxylation is 1. The van der Waals surface area contributed by atoms with Gasteiger partial charge in [0, 0.05) is 29.4 Å². The molecule has 4 rings (SSSR count). The van der Waals surface area contributed by atoms with Crippen LogP contribution in [-0.2, 0) is 10.0 Å². The van der Waals surface area contributed by atoms with Crippen LogP contribution in [0.25, 0.3) is 10.9 Å². The fourth-order valence-electron chi connectivity index (χ4n) is 3.32. The van der Waals surface area contributed by atoms with Gasteiger partial charge in [0.2, 0.25) is 0 Å². The minimum Gasteiger partial charge on any atom is -0.493 e. The van der Waals surface area contributed by atoms with Crippen LogP contribution in [0.1, 0.15) is 24.2 Å². The summed E-state index contributed by atoms with van der Waals surface area (Å²) < 4.78 is 38.8. The summed E-state index contributed by atoms with van der Waals surface area (Å²) in [6.45, 7) is 3.68. The van der Waals surface area contributed by atoms with Crippen molar-refractivity contribution in [3.63, 3.8) is 0 Å². The predicted molar refractivity (Wildman–Crippen MR) is 123 cm³/mol. The molecule has 1 atom stereocenters. The second kappa shape index (κ2) is 8.61. The fraction of sp³-hybridized carbons (Fsp3) is 0.182. The number of benzene rings is 2. The highest BCUT2D eigenvalue weighted by atomic mass is 35.5. The van der Waals surface area contributed by atoms with Crippen LogP contribution in [0.15, 0.2) is 59.9 Å². The van der Waals surface area contributed by atoms with Crippen LogP contribution >= 0.6 is 23.2 Å². The van der Waals surface area contributed by atoms with E-state index in [0.717, 1.165) is 9.65 Å². The third-order valence-corrected chi connectivity index (χ3v) is 7.18. The van der Waals surface area contributed by atoms with Gasteiger partial charge >= 0.3 is 0 Å². The smallest absolute Gasteiger partial charge is 0.283 e. The Balaban J connectivity index is 1.76. The summed E-state index contributed by atoms with van der Waals surface area (Å²) in [6, 6.07) is 9.82. The first kappa shape index (κ1) is 22.4. The average molecular weight is 492 g/mol. The number of pyridine rings is 1. The number of methoxy groups -OCH3 is 1. The maximum atomic E-state index is 13.1. The van der Waals surface area contributed by atoms with Gasteiger partial charge in [0.25, 0.3) is 10.0 Å². The molecule has 0 unspecified atom stereocenters. The molecule has 0 radical (unpaired) electrons. The molecule has 0 spiro atoms. The minimum atomic E-state index is -3.89. The lowest BCUT2D eigenvalue weighted by Crippen LogP contribution is -2.14. The summed E-state index contributed by atoms with van der Waals surface area (Å²) in [6.07, 6.45) is 3.92. The van der Waals surface area contributed by atoms with Gasteiger partial charge in [-0.15, -0.1) is 0 Å². The van der Waals surface area contributed by atoms with Crippen molar-refractivity contribution in [2.24, 2.45) is 0 Å². The topological polar surface area (TPSA) is 83.3 Å². The molecule has 0 fully saturated rings. The Hall–Kier alpha value is -2.81. The summed E-state index contributed by atoms with van der Waals surface area (Å²) in [5, 5.41) is 5.43. The van der Waals surface area contributed by atoms with Crippen LogP contribution in [0.2, 0.25) is 10.0 Å². The van der Waals surface area contributed by atoms with E-state index in [1.54, 1.807) is 43.3 Å². The van der Waals surface area contributed by atoms with Crippen LogP contribution in [-0.4, -0.2) is 29.7 Å². The van der Waals surface area contributed by atoms with Crippen LogP contribution in [0.3, 0.4) is 0 Å². The Morgan fingerprint density at radius 1 is 1.00 bits per heavy atom. The molecule has 0 N–H and O–H groups in total. The largest absolute Gasteiger partial charge is 0.493 e. The van der Waals surface area contributed by atoms with Crippen molar-refractivity contribution < 1.29 is 17.9 Å². The van der Waals surface area contributed by atoms with Crippen LogP contribution < -0.4 is 9.47 Å². The molecule has 0 amide bonds. The van der Waals surface area contributed by atoms with Crippen molar-refractivity contribution in [2.75, 3.05) is 7.11 Å². The summed E-state index contributed by atoms with van der Waals surface area (Å²) in [5.74, 6) is 0.732. The second-order valence-electron chi connectivity index (χ2n) is 7.14. The molecular formula is C22H19Cl2N3O4S. The SMILES string of the molecule is COc1cc2c(cnn2S(=O)(=O)c2ccc(C)cc2)cc1O[C@H](C)c1c(Cl)cncc1Cl. The van der Waals surface area contributed by atoms with E-state index in [1.807, 2.05) is 6.92 Å². The Bertz CT molecular complexity index is 1380. The summed E-state index contributed by atoms with van der Waals surface area (Å²) in [5.41, 5.74) is 1.91. The van der Waals surface area contributed by atoms with E-state index in [2.05, 4.69) is 10.1 Å². The zero-order chi connectivity index (χ0) is 23.0. The lowest BCUT2D eigenvalue weighted by molar-refractivity contribution is 0.216. The number of aromatic nitrogens is 3. The first-order valence-electron chi connectivity index (χ1n) is 9.56. The van der Waals surface area contributed by atoms with Gasteiger partial charge in [-0.3, -0.25) is 4.98 Å². The molecule has 0 bridgehead atoms. The van der Waals surface area contributed by atoms with Gasteiger partial charge in [-0.2, -0.15) is 17.6 Å². The highest BCUT2D eigenvalue weighted by molar-refractivity contribution is 7.90. The summed E-state index contributed by atoms with van der Waals surface area (Å²) in [7, 11) is -2.41. The zero-order valence-electron chi connectivity index (χ0n) is 17.4. The number of rotatable bonds is 6. The Morgan fingerprint density at radius 3 is 2.28 bits per heavy atom. The molecule has 2 aromatic heterocycles. The average Bonchev–Trinajstić information content (AvgIpc) is 3.17. The Labute approximate surface area is 195 Å². The van der Waals surface area contributed by atoms with Gasteiger partial charge in [-0.25, -0.2) is 0 Å². The third-order valence-electron chi connectivity index (χ3n) is 4.97. The Kier molecular flexibility index (Phi) is 6.03. The maximum Gasteiger partial charge on any atom is 0.283 e. The monoisotopic (exact) mass is 491 g/mol. The predicted octanol–water partition coefficient (Wildman–Crippen LogP) is 5.43. The van der Waals surface area contributed by atoms with Gasteiger partial charge in [-0.1, -0.05) is 40.9 Å². The van der Waals surface area contributed by atoms with E-state index in [4.69, 9.17) is 32.7 Å².